The molecule has 1 atom stereocenters. The van der Waals surface area contributed by atoms with Crippen LogP contribution in [0.3, 0.4) is 0 Å². The number of hydrogen-bond donors (Lipinski definition) is 1. The molecule has 0 amide bonds. The zero-order valence-corrected chi connectivity index (χ0v) is 10.3. The lowest BCUT2D eigenvalue weighted by Gasteiger charge is -2.06. The summed E-state index contributed by atoms with van der Waals surface area (Å²) in [5.41, 5.74) is 0. The molecule has 0 saturated carbocycles. The predicted octanol–water partition coefficient (Wildman–Crippen LogP) is 3.78. The van der Waals surface area contributed by atoms with Crippen molar-refractivity contribution in [2.75, 3.05) is 0 Å². The second-order valence-corrected chi connectivity index (χ2v) is 5.93. The summed E-state index contributed by atoms with van der Waals surface area (Å²) in [5.74, 6) is 0. The molecule has 80 valence electrons. The first-order chi connectivity index (χ1) is 7.25. The zero-order valence-electron chi connectivity index (χ0n) is 8.64. The third kappa shape index (κ3) is 2.91. The van der Waals surface area contributed by atoms with Crippen molar-refractivity contribution < 1.29 is 5.11 Å². The average molecular weight is 238 g/mol. The monoisotopic (exact) mass is 238 g/mol. The highest BCUT2D eigenvalue weighted by atomic mass is 32.1. The normalized spacial score (nSPS) is 12.9. The van der Waals surface area contributed by atoms with Crippen LogP contribution in [0, 0.1) is 6.92 Å². The van der Waals surface area contributed by atoms with Gasteiger partial charge in [0.05, 0.1) is 6.10 Å². The van der Waals surface area contributed by atoms with Gasteiger partial charge >= 0.3 is 0 Å². The summed E-state index contributed by atoms with van der Waals surface area (Å²) < 4.78 is 0. The van der Waals surface area contributed by atoms with E-state index >= 15 is 0 Å². The minimum atomic E-state index is -0.300. The lowest BCUT2D eigenvalue weighted by Crippen LogP contribution is -1.95. The SMILES string of the molecule is Cc1ccc(C(O)CCc2cccs2)s1. The highest BCUT2D eigenvalue weighted by Gasteiger charge is 2.09. The van der Waals surface area contributed by atoms with Crippen LogP contribution in [0.25, 0.3) is 0 Å². The number of thiophene rings is 2. The Morgan fingerprint density at radius 3 is 2.80 bits per heavy atom. The molecule has 2 aromatic heterocycles. The molecule has 2 rings (SSSR count). The van der Waals surface area contributed by atoms with Gasteiger partial charge in [-0.15, -0.1) is 22.7 Å². The van der Waals surface area contributed by atoms with Gasteiger partial charge in [-0.25, -0.2) is 0 Å². The van der Waals surface area contributed by atoms with Crippen LogP contribution in [-0.2, 0) is 6.42 Å². The van der Waals surface area contributed by atoms with Gasteiger partial charge in [-0.2, -0.15) is 0 Å². The Morgan fingerprint density at radius 1 is 1.33 bits per heavy atom. The van der Waals surface area contributed by atoms with Crippen LogP contribution < -0.4 is 0 Å². The molecule has 0 saturated heterocycles. The van der Waals surface area contributed by atoms with Gasteiger partial charge in [0, 0.05) is 14.6 Å². The summed E-state index contributed by atoms with van der Waals surface area (Å²) in [6.45, 7) is 2.07. The van der Waals surface area contributed by atoms with Gasteiger partial charge in [-0.1, -0.05) is 6.07 Å². The van der Waals surface area contributed by atoms with Gasteiger partial charge in [-0.05, 0) is 43.3 Å². The molecule has 1 N–H and O–H groups in total. The number of hydrogen-bond acceptors (Lipinski definition) is 3. The maximum absolute atomic E-state index is 9.95. The van der Waals surface area contributed by atoms with E-state index < -0.39 is 0 Å². The minimum Gasteiger partial charge on any atom is -0.388 e. The standard InChI is InChI=1S/C12H14OS2/c1-9-4-7-12(15-9)11(13)6-5-10-3-2-8-14-10/h2-4,7-8,11,13H,5-6H2,1H3. The summed E-state index contributed by atoms with van der Waals surface area (Å²) in [6, 6.07) is 8.27. The number of aliphatic hydroxyl groups is 1. The summed E-state index contributed by atoms with van der Waals surface area (Å²) in [6.07, 6.45) is 1.49. The summed E-state index contributed by atoms with van der Waals surface area (Å²) in [7, 11) is 0. The van der Waals surface area contributed by atoms with E-state index in [1.54, 1.807) is 22.7 Å². The molecular weight excluding hydrogens is 224 g/mol. The maximum Gasteiger partial charge on any atom is 0.0885 e. The van der Waals surface area contributed by atoms with Crippen LogP contribution in [0.2, 0.25) is 0 Å². The van der Waals surface area contributed by atoms with E-state index in [1.807, 2.05) is 6.07 Å². The average Bonchev–Trinajstić information content (AvgIpc) is 2.84. The van der Waals surface area contributed by atoms with E-state index in [-0.39, 0.29) is 6.10 Å². The first-order valence-electron chi connectivity index (χ1n) is 5.02. The molecule has 0 radical (unpaired) electrons. The number of aliphatic hydroxyl groups excluding tert-OH is 1. The van der Waals surface area contributed by atoms with Gasteiger partial charge in [0.15, 0.2) is 0 Å². The van der Waals surface area contributed by atoms with Crippen LogP contribution in [0.4, 0.5) is 0 Å². The highest BCUT2D eigenvalue weighted by Crippen LogP contribution is 2.26. The van der Waals surface area contributed by atoms with Crippen molar-refractivity contribution in [1.82, 2.24) is 0 Å². The Bertz CT molecular complexity index is 403. The molecular formula is C12H14OS2. The Morgan fingerprint density at radius 2 is 2.20 bits per heavy atom. The summed E-state index contributed by atoms with van der Waals surface area (Å²) in [5, 5.41) is 12.0. The molecule has 3 heteroatoms. The number of aryl methyl sites for hydroxylation is 2. The molecule has 15 heavy (non-hydrogen) atoms. The minimum absolute atomic E-state index is 0.300. The quantitative estimate of drug-likeness (QED) is 0.859. The predicted molar refractivity (Wildman–Crippen MR) is 66.7 cm³/mol. The van der Waals surface area contributed by atoms with Crippen LogP contribution in [0.5, 0.6) is 0 Å². The van der Waals surface area contributed by atoms with Crippen molar-refractivity contribution >= 4 is 22.7 Å². The van der Waals surface area contributed by atoms with Gasteiger partial charge in [-0.3, -0.25) is 0 Å². The van der Waals surface area contributed by atoms with Crippen molar-refractivity contribution in [3.8, 4) is 0 Å². The molecule has 0 fully saturated rings. The fraction of sp³-hybridized carbons (Fsp3) is 0.333. The first-order valence-corrected chi connectivity index (χ1v) is 6.72. The van der Waals surface area contributed by atoms with Crippen molar-refractivity contribution in [2.24, 2.45) is 0 Å². The smallest absolute Gasteiger partial charge is 0.0885 e. The molecule has 1 nitrogen and oxygen atoms in total. The van der Waals surface area contributed by atoms with E-state index in [1.165, 1.54) is 9.75 Å². The Kier molecular flexibility index (Phi) is 3.57. The van der Waals surface area contributed by atoms with Crippen LogP contribution in [0.15, 0.2) is 29.6 Å². The first kappa shape index (κ1) is 10.9. The largest absolute Gasteiger partial charge is 0.388 e. The Labute approximate surface area is 98.0 Å². The van der Waals surface area contributed by atoms with Gasteiger partial charge in [0.25, 0.3) is 0 Å². The van der Waals surface area contributed by atoms with Crippen molar-refractivity contribution in [3.05, 3.63) is 44.3 Å². The molecule has 0 spiro atoms. The molecule has 0 aliphatic heterocycles. The fourth-order valence-electron chi connectivity index (χ4n) is 1.51. The number of rotatable bonds is 4. The zero-order chi connectivity index (χ0) is 10.7. The fourth-order valence-corrected chi connectivity index (χ4v) is 3.13. The van der Waals surface area contributed by atoms with Crippen LogP contribution in [-0.4, -0.2) is 5.11 Å². The molecule has 2 aromatic rings. The van der Waals surface area contributed by atoms with E-state index in [2.05, 4.69) is 30.5 Å². The molecule has 0 bridgehead atoms. The second-order valence-electron chi connectivity index (χ2n) is 3.58. The molecule has 0 aliphatic carbocycles. The third-order valence-corrected chi connectivity index (χ3v) is 4.37. The molecule has 2 heterocycles. The lowest BCUT2D eigenvalue weighted by molar-refractivity contribution is 0.172. The van der Waals surface area contributed by atoms with E-state index in [0.29, 0.717) is 0 Å². The second kappa shape index (κ2) is 4.92. The maximum atomic E-state index is 9.95. The van der Waals surface area contributed by atoms with Crippen molar-refractivity contribution in [3.63, 3.8) is 0 Å². The molecule has 0 aliphatic rings. The van der Waals surface area contributed by atoms with Crippen LogP contribution in [0.1, 0.15) is 27.2 Å². The highest BCUT2D eigenvalue weighted by molar-refractivity contribution is 7.12. The van der Waals surface area contributed by atoms with E-state index in [0.717, 1.165) is 17.7 Å². The Hall–Kier alpha value is -0.640. The topological polar surface area (TPSA) is 20.2 Å². The van der Waals surface area contributed by atoms with Gasteiger partial charge < -0.3 is 5.11 Å². The summed E-state index contributed by atoms with van der Waals surface area (Å²) >= 11 is 3.44. The van der Waals surface area contributed by atoms with Crippen molar-refractivity contribution in [1.29, 1.82) is 0 Å². The van der Waals surface area contributed by atoms with E-state index in [4.69, 9.17) is 0 Å². The Balaban J connectivity index is 1.90. The van der Waals surface area contributed by atoms with E-state index in [9.17, 15) is 5.11 Å². The lowest BCUT2D eigenvalue weighted by atomic mass is 10.1. The van der Waals surface area contributed by atoms with Crippen molar-refractivity contribution in [2.45, 2.75) is 25.9 Å². The molecule has 1 unspecified atom stereocenters. The van der Waals surface area contributed by atoms with Gasteiger partial charge in [0.1, 0.15) is 0 Å². The molecule has 0 aromatic carbocycles. The van der Waals surface area contributed by atoms with Gasteiger partial charge in [0.2, 0.25) is 0 Å². The van der Waals surface area contributed by atoms with Crippen LogP contribution >= 0.6 is 22.7 Å². The third-order valence-electron chi connectivity index (χ3n) is 2.33. The summed E-state index contributed by atoms with van der Waals surface area (Å²) in [4.78, 5) is 3.70.